The first kappa shape index (κ1) is 10.8. The van der Waals surface area contributed by atoms with E-state index in [0.29, 0.717) is 5.92 Å². The number of guanidine groups is 1. The van der Waals surface area contributed by atoms with Crippen LogP contribution in [-0.2, 0) is 4.79 Å². The van der Waals surface area contributed by atoms with Crippen molar-refractivity contribution in [1.29, 1.82) is 5.41 Å². The van der Waals surface area contributed by atoms with Gasteiger partial charge in [-0.05, 0) is 25.2 Å². The van der Waals surface area contributed by atoms with Gasteiger partial charge in [0, 0.05) is 19.5 Å². The summed E-state index contributed by atoms with van der Waals surface area (Å²) in [5, 5.41) is 15.8. The molecule has 1 saturated heterocycles. The van der Waals surface area contributed by atoms with Crippen molar-refractivity contribution in [2.45, 2.75) is 25.7 Å². The van der Waals surface area contributed by atoms with Gasteiger partial charge in [0.2, 0.25) is 0 Å². The Morgan fingerprint density at radius 3 is 2.50 bits per heavy atom. The van der Waals surface area contributed by atoms with Crippen LogP contribution in [0.4, 0.5) is 0 Å². The van der Waals surface area contributed by atoms with Gasteiger partial charge in [-0.2, -0.15) is 0 Å². The van der Waals surface area contributed by atoms with Crippen molar-refractivity contribution in [3.05, 3.63) is 0 Å². The van der Waals surface area contributed by atoms with Crippen molar-refractivity contribution < 1.29 is 9.90 Å². The summed E-state index contributed by atoms with van der Waals surface area (Å²) in [6.45, 7) is 1.58. The molecule has 5 nitrogen and oxygen atoms in total. The Kier molecular flexibility index (Phi) is 3.73. The summed E-state index contributed by atoms with van der Waals surface area (Å²) < 4.78 is 0. The maximum Gasteiger partial charge on any atom is 0.303 e. The number of carboxylic acids is 1. The van der Waals surface area contributed by atoms with Crippen LogP contribution in [0.2, 0.25) is 0 Å². The maximum atomic E-state index is 10.3. The molecule has 4 N–H and O–H groups in total. The van der Waals surface area contributed by atoms with Crippen LogP contribution in [0, 0.1) is 11.3 Å². The minimum absolute atomic E-state index is 0.127. The molecular formula is C9H17N3O2. The highest BCUT2D eigenvalue weighted by atomic mass is 16.4. The molecule has 0 saturated carbocycles. The zero-order valence-electron chi connectivity index (χ0n) is 8.20. The van der Waals surface area contributed by atoms with Crippen LogP contribution in [0.3, 0.4) is 0 Å². The predicted molar refractivity (Wildman–Crippen MR) is 53.1 cm³/mol. The lowest BCUT2D eigenvalue weighted by Gasteiger charge is -2.31. The van der Waals surface area contributed by atoms with Crippen LogP contribution in [0.1, 0.15) is 25.7 Å². The zero-order valence-corrected chi connectivity index (χ0v) is 8.20. The lowest BCUT2D eigenvalue weighted by atomic mass is 9.92. The fourth-order valence-electron chi connectivity index (χ4n) is 1.79. The molecule has 14 heavy (non-hydrogen) atoms. The molecule has 1 aliphatic rings. The van der Waals surface area contributed by atoms with Crippen LogP contribution in [-0.4, -0.2) is 35.0 Å². The van der Waals surface area contributed by atoms with Crippen molar-refractivity contribution in [2.24, 2.45) is 11.7 Å². The standard InChI is InChI=1S/C9H17N3O2/c10-9(11)12-5-3-7(4-6-12)1-2-8(13)14/h7H,1-6H2,(H3,10,11)(H,13,14). The second-order valence-corrected chi connectivity index (χ2v) is 3.75. The van der Waals surface area contributed by atoms with Crippen LogP contribution < -0.4 is 5.73 Å². The SMILES string of the molecule is N=C(N)N1CCC(CCC(=O)O)CC1. The predicted octanol–water partition coefficient (Wildman–Crippen LogP) is 0.457. The molecule has 80 valence electrons. The molecule has 0 radical (unpaired) electrons. The van der Waals surface area contributed by atoms with Crippen molar-refractivity contribution in [3.63, 3.8) is 0 Å². The number of hydrogen-bond acceptors (Lipinski definition) is 2. The zero-order chi connectivity index (χ0) is 10.6. The summed E-state index contributed by atoms with van der Waals surface area (Å²) in [6, 6.07) is 0. The van der Waals surface area contributed by atoms with Crippen LogP contribution in [0.25, 0.3) is 0 Å². The first-order valence-corrected chi connectivity index (χ1v) is 4.90. The van der Waals surface area contributed by atoms with Gasteiger partial charge in [0.25, 0.3) is 0 Å². The molecule has 0 aliphatic carbocycles. The van der Waals surface area contributed by atoms with E-state index in [4.69, 9.17) is 16.2 Å². The Labute approximate surface area is 83.4 Å². The monoisotopic (exact) mass is 199 g/mol. The number of carbonyl (C=O) groups is 1. The number of piperidine rings is 1. The number of rotatable bonds is 3. The first-order valence-electron chi connectivity index (χ1n) is 4.90. The molecule has 1 aliphatic heterocycles. The van der Waals surface area contributed by atoms with Gasteiger partial charge in [-0.25, -0.2) is 0 Å². The lowest BCUT2D eigenvalue weighted by molar-refractivity contribution is -0.137. The van der Waals surface area contributed by atoms with Crippen LogP contribution in [0.15, 0.2) is 0 Å². The summed E-state index contributed by atoms with van der Waals surface area (Å²) in [4.78, 5) is 12.2. The summed E-state index contributed by atoms with van der Waals surface area (Å²) >= 11 is 0. The van der Waals surface area contributed by atoms with E-state index in [2.05, 4.69) is 0 Å². The molecule has 0 aromatic heterocycles. The third-order valence-corrected chi connectivity index (χ3v) is 2.72. The molecule has 0 unspecified atom stereocenters. The quantitative estimate of drug-likeness (QED) is 0.455. The van der Waals surface area contributed by atoms with E-state index in [1.807, 2.05) is 4.90 Å². The molecule has 0 amide bonds. The third kappa shape index (κ3) is 3.24. The molecule has 0 spiro atoms. The Morgan fingerprint density at radius 1 is 1.50 bits per heavy atom. The topological polar surface area (TPSA) is 90.4 Å². The molecule has 0 aromatic rings. The van der Waals surface area contributed by atoms with Gasteiger partial charge in [-0.15, -0.1) is 0 Å². The highest BCUT2D eigenvalue weighted by Gasteiger charge is 2.20. The Balaban J connectivity index is 2.22. The third-order valence-electron chi connectivity index (χ3n) is 2.72. The van der Waals surface area contributed by atoms with Gasteiger partial charge in [0.1, 0.15) is 0 Å². The molecule has 1 fully saturated rings. The fraction of sp³-hybridized carbons (Fsp3) is 0.778. The average molecular weight is 199 g/mol. The van der Waals surface area contributed by atoms with Gasteiger partial charge >= 0.3 is 5.97 Å². The van der Waals surface area contributed by atoms with Gasteiger partial charge < -0.3 is 15.7 Å². The number of nitrogens with two attached hydrogens (primary N) is 1. The van der Waals surface area contributed by atoms with Crippen molar-refractivity contribution in [1.82, 2.24) is 4.90 Å². The van der Waals surface area contributed by atoms with Crippen molar-refractivity contribution in [3.8, 4) is 0 Å². The van der Waals surface area contributed by atoms with Gasteiger partial charge in [0.05, 0.1) is 0 Å². The van der Waals surface area contributed by atoms with Crippen molar-refractivity contribution >= 4 is 11.9 Å². The first-order chi connectivity index (χ1) is 6.59. The summed E-state index contributed by atoms with van der Waals surface area (Å²) in [5.41, 5.74) is 5.35. The number of nitrogens with one attached hydrogen (secondary N) is 1. The number of nitrogens with zero attached hydrogens (tertiary/aromatic N) is 1. The van der Waals surface area contributed by atoms with Gasteiger partial charge in [-0.1, -0.05) is 0 Å². The number of carboxylic acid groups (broad SMARTS) is 1. The molecular weight excluding hydrogens is 182 g/mol. The lowest BCUT2D eigenvalue weighted by Crippen LogP contribution is -2.42. The van der Waals surface area contributed by atoms with Crippen LogP contribution >= 0.6 is 0 Å². The van der Waals surface area contributed by atoms with Gasteiger partial charge in [0.15, 0.2) is 5.96 Å². The highest BCUT2D eigenvalue weighted by Crippen LogP contribution is 2.21. The fourth-order valence-corrected chi connectivity index (χ4v) is 1.79. The normalized spacial score (nSPS) is 18.1. The Morgan fingerprint density at radius 2 is 2.07 bits per heavy atom. The molecule has 0 atom stereocenters. The van der Waals surface area contributed by atoms with E-state index >= 15 is 0 Å². The largest absolute Gasteiger partial charge is 0.481 e. The van der Waals surface area contributed by atoms with Crippen molar-refractivity contribution in [2.75, 3.05) is 13.1 Å². The highest BCUT2D eigenvalue weighted by molar-refractivity contribution is 5.74. The second-order valence-electron chi connectivity index (χ2n) is 3.75. The maximum absolute atomic E-state index is 10.3. The van der Waals surface area contributed by atoms with E-state index in [9.17, 15) is 4.79 Å². The Bertz CT molecular complexity index is 222. The van der Waals surface area contributed by atoms with E-state index < -0.39 is 5.97 Å². The van der Waals surface area contributed by atoms with E-state index in [1.165, 1.54) is 0 Å². The molecule has 1 heterocycles. The molecule has 0 bridgehead atoms. The van der Waals surface area contributed by atoms with Crippen LogP contribution in [0.5, 0.6) is 0 Å². The minimum atomic E-state index is -0.723. The summed E-state index contributed by atoms with van der Waals surface area (Å²) in [7, 11) is 0. The Hall–Kier alpha value is -1.26. The molecule has 1 rings (SSSR count). The average Bonchev–Trinajstić information content (AvgIpc) is 2.15. The number of aliphatic carboxylic acids is 1. The molecule has 0 aromatic carbocycles. The van der Waals surface area contributed by atoms with Gasteiger partial charge in [-0.3, -0.25) is 10.2 Å². The van der Waals surface area contributed by atoms with E-state index in [-0.39, 0.29) is 12.4 Å². The summed E-state index contributed by atoms with van der Waals surface area (Å²) in [5.74, 6) is -0.109. The number of likely N-dealkylation sites (tertiary alicyclic amines) is 1. The van der Waals surface area contributed by atoms with E-state index in [1.54, 1.807) is 0 Å². The minimum Gasteiger partial charge on any atom is -0.481 e. The summed E-state index contributed by atoms with van der Waals surface area (Å²) in [6.07, 6.45) is 2.91. The molecule has 5 heteroatoms. The van der Waals surface area contributed by atoms with E-state index in [0.717, 1.165) is 32.4 Å². The number of hydrogen-bond donors (Lipinski definition) is 3. The second kappa shape index (κ2) is 4.83. The smallest absolute Gasteiger partial charge is 0.303 e.